The number of aromatic nitrogens is 2. The Morgan fingerprint density at radius 1 is 1.28 bits per heavy atom. The zero-order valence-corrected chi connectivity index (χ0v) is 17.6. The summed E-state index contributed by atoms with van der Waals surface area (Å²) in [4.78, 5) is 17.4. The van der Waals surface area contributed by atoms with E-state index in [1.807, 2.05) is 16.0 Å². The number of sulfone groups is 1. The first kappa shape index (κ1) is 20.0. The first-order valence-corrected chi connectivity index (χ1v) is 12.9. The van der Waals surface area contributed by atoms with E-state index >= 15 is 0 Å². The van der Waals surface area contributed by atoms with Crippen LogP contribution < -0.4 is 10.0 Å². The molecule has 1 aromatic carbocycles. The number of imidazole rings is 1. The number of carbonyl (C=O) groups excluding carboxylic acids is 1. The fraction of sp³-hybridized carbons (Fsp3) is 0.294. The highest BCUT2D eigenvalue weighted by Gasteiger charge is 2.31. The summed E-state index contributed by atoms with van der Waals surface area (Å²) in [6, 6.07) is 5.10. The van der Waals surface area contributed by atoms with E-state index < -0.39 is 25.9 Å². The average Bonchev–Trinajstić information content (AvgIpc) is 3.29. The van der Waals surface area contributed by atoms with Crippen LogP contribution in [0.5, 0.6) is 0 Å². The number of fused-ring (bicyclic) bond motifs is 1. The van der Waals surface area contributed by atoms with E-state index in [-0.39, 0.29) is 35.2 Å². The first-order valence-electron chi connectivity index (χ1n) is 8.74. The molecule has 2 aromatic heterocycles. The summed E-state index contributed by atoms with van der Waals surface area (Å²) in [5, 5.41) is 4.62. The lowest BCUT2D eigenvalue weighted by Gasteiger charge is -2.12. The Hall–Kier alpha value is -2.28. The molecular weight excluding hydrogens is 436 g/mol. The second-order valence-corrected chi connectivity index (χ2v) is 11.6. The van der Waals surface area contributed by atoms with Crippen LogP contribution in [0.1, 0.15) is 12.1 Å². The molecule has 0 spiro atoms. The number of sulfonamides is 1. The third kappa shape index (κ3) is 4.66. The zero-order chi connectivity index (χ0) is 20.6. The highest BCUT2D eigenvalue weighted by atomic mass is 32.2. The van der Waals surface area contributed by atoms with Gasteiger partial charge in [0.25, 0.3) is 0 Å². The van der Waals surface area contributed by atoms with Gasteiger partial charge in [0.05, 0.1) is 28.5 Å². The molecule has 29 heavy (non-hydrogen) atoms. The highest BCUT2D eigenvalue weighted by Crippen LogP contribution is 2.18. The van der Waals surface area contributed by atoms with Gasteiger partial charge in [-0.2, -0.15) is 0 Å². The highest BCUT2D eigenvalue weighted by molar-refractivity contribution is 7.92. The van der Waals surface area contributed by atoms with Gasteiger partial charge in [0.15, 0.2) is 14.8 Å². The van der Waals surface area contributed by atoms with Gasteiger partial charge >= 0.3 is 0 Å². The van der Waals surface area contributed by atoms with Crippen LogP contribution in [0.2, 0.25) is 0 Å². The van der Waals surface area contributed by atoms with Crippen LogP contribution in [-0.2, 0) is 31.1 Å². The Morgan fingerprint density at radius 2 is 2.03 bits per heavy atom. The molecule has 0 bridgehead atoms. The molecule has 2 N–H and O–H groups in total. The molecule has 3 aromatic rings. The van der Waals surface area contributed by atoms with E-state index in [1.54, 1.807) is 6.20 Å². The van der Waals surface area contributed by atoms with E-state index in [2.05, 4.69) is 15.0 Å². The van der Waals surface area contributed by atoms with Crippen LogP contribution in [-0.4, -0.2) is 49.7 Å². The molecule has 0 unspecified atom stereocenters. The molecule has 1 atom stereocenters. The molecule has 12 heteroatoms. The predicted octanol–water partition coefficient (Wildman–Crippen LogP) is 1.04. The molecule has 1 aliphatic heterocycles. The van der Waals surface area contributed by atoms with Crippen molar-refractivity contribution in [2.45, 2.75) is 23.8 Å². The summed E-state index contributed by atoms with van der Waals surface area (Å²) in [6.45, 7) is 0. The number of anilines is 1. The molecule has 1 fully saturated rings. The summed E-state index contributed by atoms with van der Waals surface area (Å²) in [5.41, 5.74) is 1.10. The van der Waals surface area contributed by atoms with E-state index in [0.29, 0.717) is 11.4 Å². The summed E-state index contributed by atoms with van der Waals surface area (Å²) in [6.07, 6.45) is 4.02. The van der Waals surface area contributed by atoms with Crippen molar-refractivity contribution < 1.29 is 21.6 Å². The van der Waals surface area contributed by atoms with Crippen molar-refractivity contribution in [3.8, 4) is 0 Å². The number of nitrogens with one attached hydrogen (secondary N) is 2. The number of thiazole rings is 1. The predicted molar refractivity (Wildman–Crippen MR) is 109 cm³/mol. The number of amides is 1. The smallest absolute Gasteiger partial charge is 0.240 e. The molecule has 0 saturated carbocycles. The molecule has 1 amide bonds. The maximum atomic E-state index is 12.4. The SMILES string of the molecule is O=C(Cc1cn2ccsc2n1)Nc1ccc(S(=O)(=O)N[C@@H]2CCS(=O)(=O)C2)cc1. The van der Waals surface area contributed by atoms with Gasteiger partial charge in [0.1, 0.15) is 0 Å². The lowest BCUT2D eigenvalue weighted by atomic mass is 10.3. The maximum absolute atomic E-state index is 12.4. The van der Waals surface area contributed by atoms with Crippen LogP contribution in [0.25, 0.3) is 4.96 Å². The van der Waals surface area contributed by atoms with Gasteiger partial charge in [-0.05, 0) is 30.7 Å². The Labute approximate surface area is 171 Å². The van der Waals surface area contributed by atoms with Gasteiger partial charge in [-0.15, -0.1) is 11.3 Å². The lowest BCUT2D eigenvalue weighted by molar-refractivity contribution is -0.115. The molecule has 1 saturated heterocycles. The average molecular weight is 455 g/mol. The summed E-state index contributed by atoms with van der Waals surface area (Å²) < 4.78 is 52.1. The normalized spacial score (nSPS) is 18.8. The van der Waals surface area contributed by atoms with Crippen molar-refractivity contribution in [3.63, 3.8) is 0 Å². The van der Waals surface area contributed by atoms with Crippen molar-refractivity contribution in [1.82, 2.24) is 14.1 Å². The van der Waals surface area contributed by atoms with Gasteiger partial charge < -0.3 is 5.32 Å². The van der Waals surface area contributed by atoms with Crippen LogP contribution >= 0.6 is 11.3 Å². The third-order valence-electron chi connectivity index (χ3n) is 4.49. The number of benzene rings is 1. The zero-order valence-electron chi connectivity index (χ0n) is 15.1. The largest absolute Gasteiger partial charge is 0.326 e. The van der Waals surface area contributed by atoms with E-state index in [4.69, 9.17) is 0 Å². The monoisotopic (exact) mass is 454 g/mol. The van der Waals surface area contributed by atoms with Crippen molar-refractivity contribution in [2.24, 2.45) is 0 Å². The molecule has 4 rings (SSSR count). The van der Waals surface area contributed by atoms with Crippen molar-refractivity contribution in [2.75, 3.05) is 16.8 Å². The minimum Gasteiger partial charge on any atom is -0.326 e. The van der Waals surface area contributed by atoms with E-state index in [1.165, 1.54) is 35.6 Å². The van der Waals surface area contributed by atoms with Crippen LogP contribution in [0, 0.1) is 0 Å². The van der Waals surface area contributed by atoms with Crippen LogP contribution in [0.15, 0.2) is 46.9 Å². The second kappa shape index (κ2) is 7.52. The lowest BCUT2D eigenvalue weighted by Crippen LogP contribution is -2.35. The number of hydrogen-bond acceptors (Lipinski definition) is 7. The Bertz CT molecular complexity index is 1230. The number of nitrogens with zero attached hydrogens (tertiary/aromatic N) is 2. The molecule has 154 valence electrons. The maximum Gasteiger partial charge on any atom is 0.240 e. The quantitative estimate of drug-likeness (QED) is 0.573. The first-order chi connectivity index (χ1) is 13.7. The number of rotatable bonds is 6. The minimum absolute atomic E-state index is 0.00846. The third-order valence-corrected chi connectivity index (χ3v) is 8.56. The van der Waals surface area contributed by atoms with Gasteiger partial charge in [0, 0.05) is 29.5 Å². The fourth-order valence-electron chi connectivity index (χ4n) is 3.12. The second-order valence-electron chi connectivity index (χ2n) is 6.80. The molecule has 0 aliphatic carbocycles. The van der Waals surface area contributed by atoms with Gasteiger partial charge in [-0.3, -0.25) is 9.20 Å². The van der Waals surface area contributed by atoms with Gasteiger partial charge in [-0.1, -0.05) is 0 Å². The summed E-state index contributed by atoms with van der Waals surface area (Å²) >= 11 is 1.48. The fourth-order valence-corrected chi connectivity index (χ4v) is 6.89. The Balaban J connectivity index is 1.38. The Kier molecular flexibility index (Phi) is 5.19. The standard InChI is InChI=1S/C17H18N4O5S3/c22-16(9-14-10-21-6-7-27-17(21)19-14)18-12-1-3-15(4-2-12)29(25,26)20-13-5-8-28(23,24)11-13/h1-4,6-7,10,13,20H,5,8-9,11H2,(H,18,22)/t13-/m1/s1. The van der Waals surface area contributed by atoms with Crippen molar-refractivity contribution in [1.29, 1.82) is 0 Å². The molecule has 3 heterocycles. The van der Waals surface area contributed by atoms with E-state index in [0.717, 1.165) is 4.96 Å². The molecule has 1 aliphatic rings. The molecule has 0 radical (unpaired) electrons. The molecule has 9 nitrogen and oxygen atoms in total. The number of hydrogen-bond donors (Lipinski definition) is 2. The topological polar surface area (TPSA) is 127 Å². The van der Waals surface area contributed by atoms with Crippen molar-refractivity contribution in [3.05, 3.63) is 47.7 Å². The summed E-state index contributed by atoms with van der Waals surface area (Å²) in [7, 11) is -7.02. The summed E-state index contributed by atoms with van der Waals surface area (Å²) in [5.74, 6) is -0.466. The number of carbonyl (C=O) groups is 1. The van der Waals surface area contributed by atoms with E-state index in [9.17, 15) is 21.6 Å². The van der Waals surface area contributed by atoms with Crippen LogP contribution in [0.3, 0.4) is 0 Å². The van der Waals surface area contributed by atoms with Gasteiger partial charge in [-0.25, -0.2) is 26.5 Å². The van der Waals surface area contributed by atoms with Gasteiger partial charge in [0.2, 0.25) is 15.9 Å². The Morgan fingerprint density at radius 3 is 2.69 bits per heavy atom. The van der Waals surface area contributed by atoms with Crippen LogP contribution in [0.4, 0.5) is 5.69 Å². The minimum atomic E-state index is -3.83. The molecular formula is C17H18N4O5S3. The van der Waals surface area contributed by atoms with Crippen molar-refractivity contribution >= 4 is 47.8 Å².